The summed E-state index contributed by atoms with van der Waals surface area (Å²) < 4.78 is 8.05. The number of nitrogens with zero attached hydrogens (tertiary/aromatic N) is 4. The maximum Gasteiger partial charge on any atom is 0.222 e. The molecule has 1 fully saturated rings. The Kier molecular flexibility index (Phi) is 2.89. The first kappa shape index (κ1) is 12.3. The summed E-state index contributed by atoms with van der Waals surface area (Å²) >= 11 is 0. The highest BCUT2D eigenvalue weighted by atomic mass is 16.5. The summed E-state index contributed by atoms with van der Waals surface area (Å²) in [7, 11) is 0. The first-order chi connectivity index (χ1) is 9.08. The molecule has 0 atom stereocenters. The molecule has 0 aromatic carbocycles. The smallest absolute Gasteiger partial charge is 0.222 e. The van der Waals surface area contributed by atoms with Crippen molar-refractivity contribution >= 4 is 17.1 Å². The monoisotopic (exact) mass is 261 g/mol. The molecule has 0 aliphatic heterocycles. The van der Waals surface area contributed by atoms with Gasteiger partial charge in [0.2, 0.25) is 5.95 Å². The predicted octanol–water partition coefficient (Wildman–Crippen LogP) is 1.61. The minimum Gasteiger partial charge on any atom is -0.373 e. The Morgan fingerprint density at radius 3 is 2.89 bits per heavy atom. The molecule has 0 spiro atoms. The van der Waals surface area contributed by atoms with Crippen LogP contribution in [0.3, 0.4) is 0 Å². The van der Waals surface area contributed by atoms with E-state index < -0.39 is 0 Å². The van der Waals surface area contributed by atoms with Gasteiger partial charge in [-0.1, -0.05) is 13.8 Å². The van der Waals surface area contributed by atoms with E-state index in [0.717, 1.165) is 37.2 Å². The highest BCUT2D eigenvalue weighted by Crippen LogP contribution is 2.41. The van der Waals surface area contributed by atoms with Crippen molar-refractivity contribution in [2.24, 2.45) is 5.92 Å². The van der Waals surface area contributed by atoms with E-state index in [1.807, 2.05) is 4.57 Å². The number of hydrogen-bond acceptors (Lipinski definition) is 5. The zero-order valence-corrected chi connectivity index (χ0v) is 11.3. The molecule has 6 nitrogen and oxygen atoms in total. The maximum atomic E-state index is 6.03. The van der Waals surface area contributed by atoms with E-state index in [1.54, 1.807) is 12.5 Å². The van der Waals surface area contributed by atoms with E-state index in [0.29, 0.717) is 5.92 Å². The number of ether oxygens (including phenoxy) is 1. The number of aromatic nitrogens is 4. The van der Waals surface area contributed by atoms with Crippen LogP contribution in [-0.4, -0.2) is 31.7 Å². The molecule has 102 valence electrons. The Bertz CT molecular complexity index is 588. The summed E-state index contributed by atoms with van der Waals surface area (Å²) in [5, 5.41) is 0. The predicted molar refractivity (Wildman–Crippen MR) is 72.5 cm³/mol. The molecular formula is C13H19N5O. The topological polar surface area (TPSA) is 78.8 Å². The van der Waals surface area contributed by atoms with E-state index in [9.17, 15) is 0 Å². The fourth-order valence-electron chi connectivity index (χ4n) is 2.13. The Labute approximate surface area is 112 Å². The Balaban J connectivity index is 1.80. The summed E-state index contributed by atoms with van der Waals surface area (Å²) in [4.78, 5) is 12.5. The van der Waals surface area contributed by atoms with Crippen molar-refractivity contribution in [3.63, 3.8) is 0 Å². The molecule has 19 heavy (non-hydrogen) atoms. The van der Waals surface area contributed by atoms with Crippen LogP contribution < -0.4 is 5.73 Å². The van der Waals surface area contributed by atoms with E-state index in [2.05, 4.69) is 28.8 Å². The lowest BCUT2D eigenvalue weighted by Gasteiger charge is -2.18. The third-order valence-electron chi connectivity index (χ3n) is 3.37. The van der Waals surface area contributed by atoms with Crippen molar-refractivity contribution in [3.05, 3.63) is 12.5 Å². The Morgan fingerprint density at radius 2 is 2.21 bits per heavy atom. The standard InChI is InChI=1S/C13H19N5O/c1-9(2)6-19-13(3-4-13)7-18-8-16-10-5-15-12(14)17-11(10)18/h5,8-9H,3-4,6-7H2,1-2H3,(H2,14,15,17). The van der Waals surface area contributed by atoms with Crippen LogP contribution in [0.1, 0.15) is 26.7 Å². The van der Waals surface area contributed by atoms with Crippen LogP contribution in [0.15, 0.2) is 12.5 Å². The van der Waals surface area contributed by atoms with Gasteiger partial charge in [-0.05, 0) is 18.8 Å². The van der Waals surface area contributed by atoms with Gasteiger partial charge < -0.3 is 15.0 Å². The fourth-order valence-corrected chi connectivity index (χ4v) is 2.13. The van der Waals surface area contributed by atoms with E-state index >= 15 is 0 Å². The van der Waals surface area contributed by atoms with Crippen LogP contribution in [0.5, 0.6) is 0 Å². The number of imidazole rings is 1. The van der Waals surface area contributed by atoms with Crippen LogP contribution >= 0.6 is 0 Å². The van der Waals surface area contributed by atoms with Crippen LogP contribution in [0.4, 0.5) is 5.95 Å². The maximum absolute atomic E-state index is 6.03. The van der Waals surface area contributed by atoms with Gasteiger partial charge in [-0.15, -0.1) is 0 Å². The minimum atomic E-state index is -0.0301. The van der Waals surface area contributed by atoms with Crippen molar-refractivity contribution in [1.82, 2.24) is 19.5 Å². The second-order valence-corrected chi connectivity index (χ2v) is 5.70. The number of rotatable bonds is 5. The van der Waals surface area contributed by atoms with Gasteiger partial charge in [0.05, 0.1) is 24.7 Å². The van der Waals surface area contributed by atoms with Crippen molar-refractivity contribution in [2.75, 3.05) is 12.3 Å². The molecule has 0 bridgehead atoms. The average molecular weight is 261 g/mol. The zero-order chi connectivity index (χ0) is 13.5. The minimum absolute atomic E-state index is 0.0301. The highest BCUT2D eigenvalue weighted by molar-refractivity contribution is 5.70. The molecule has 2 N–H and O–H groups in total. The molecule has 1 aliphatic rings. The summed E-state index contributed by atoms with van der Waals surface area (Å²) in [5.41, 5.74) is 7.16. The highest BCUT2D eigenvalue weighted by Gasteiger charge is 2.44. The summed E-state index contributed by atoms with van der Waals surface area (Å²) in [6.45, 7) is 5.91. The lowest BCUT2D eigenvalue weighted by atomic mass is 10.2. The number of fused-ring (bicyclic) bond motifs is 1. The van der Waals surface area contributed by atoms with Gasteiger partial charge in [0.1, 0.15) is 5.52 Å². The summed E-state index contributed by atoms with van der Waals surface area (Å²) in [6, 6.07) is 0. The summed E-state index contributed by atoms with van der Waals surface area (Å²) in [5.74, 6) is 0.831. The van der Waals surface area contributed by atoms with Gasteiger partial charge in [-0.2, -0.15) is 4.98 Å². The molecular weight excluding hydrogens is 242 g/mol. The van der Waals surface area contributed by atoms with Crippen LogP contribution in [0.2, 0.25) is 0 Å². The van der Waals surface area contributed by atoms with E-state index in [4.69, 9.17) is 10.5 Å². The molecule has 0 amide bonds. The molecule has 2 aromatic heterocycles. The van der Waals surface area contributed by atoms with E-state index in [-0.39, 0.29) is 11.5 Å². The van der Waals surface area contributed by atoms with Crippen molar-refractivity contribution < 1.29 is 4.74 Å². The largest absolute Gasteiger partial charge is 0.373 e. The van der Waals surface area contributed by atoms with Gasteiger partial charge in [0, 0.05) is 6.61 Å². The van der Waals surface area contributed by atoms with Crippen molar-refractivity contribution in [3.8, 4) is 0 Å². The van der Waals surface area contributed by atoms with Crippen LogP contribution in [0, 0.1) is 5.92 Å². The molecule has 2 aromatic rings. The lowest BCUT2D eigenvalue weighted by molar-refractivity contribution is 0.00602. The SMILES string of the molecule is CC(C)COC1(Cn2cnc3cnc(N)nc32)CC1. The molecule has 6 heteroatoms. The zero-order valence-electron chi connectivity index (χ0n) is 11.3. The average Bonchev–Trinajstić information content (AvgIpc) is 3.03. The fraction of sp³-hybridized carbons (Fsp3) is 0.615. The normalized spacial score (nSPS) is 17.2. The van der Waals surface area contributed by atoms with Gasteiger partial charge in [-0.25, -0.2) is 9.97 Å². The van der Waals surface area contributed by atoms with Crippen molar-refractivity contribution in [1.29, 1.82) is 0 Å². The molecule has 1 saturated carbocycles. The molecule has 2 heterocycles. The summed E-state index contributed by atoms with van der Waals surface area (Å²) in [6.07, 6.45) is 5.64. The number of anilines is 1. The van der Waals surface area contributed by atoms with Gasteiger partial charge in [0.15, 0.2) is 5.65 Å². The first-order valence-electron chi connectivity index (χ1n) is 6.65. The van der Waals surface area contributed by atoms with Gasteiger partial charge >= 0.3 is 0 Å². The van der Waals surface area contributed by atoms with Crippen molar-refractivity contribution in [2.45, 2.75) is 38.8 Å². The third kappa shape index (κ3) is 2.53. The number of nitrogens with two attached hydrogens (primary N) is 1. The second-order valence-electron chi connectivity index (χ2n) is 5.70. The molecule has 0 saturated heterocycles. The van der Waals surface area contributed by atoms with Gasteiger partial charge in [-0.3, -0.25) is 0 Å². The number of nitrogen functional groups attached to an aromatic ring is 1. The third-order valence-corrected chi connectivity index (χ3v) is 3.37. The molecule has 0 unspecified atom stereocenters. The Hall–Kier alpha value is -1.69. The van der Waals surface area contributed by atoms with Crippen LogP contribution in [0.25, 0.3) is 11.2 Å². The van der Waals surface area contributed by atoms with Gasteiger partial charge in [0.25, 0.3) is 0 Å². The lowest BCUT2D eigenvalue weighted by Crippen LogP contribution is -2.23. The Morgan fingerprint density at radius 1 is 1.42 bits per heavy atom. The van der Waals surface area contributed by atoms with Crippen LogP contribution in [-0.2, 0) is 11.3 Å². The van der Waals surface area contributed by atoms with E-state index in [1.165, 1.54) is 0 Å². The molecule has 0 radical (unpaired) electrons. The first-order valence-corrected chi connectivity index (χ1v) is 6.65. The quantitative estimate of drug-likeness (QED) is 0.884. The molecule has 3 rings (SSSR count). The number of hydrogen-bond donors (Lipinski definition) is 1. The second kappa shape index (κ2) is 4.45. The molecule has 1 aliphatic carbocycles.